The summed E-state index contributed by atoms with van der Waals surface area (Å²) in [4.78, 5) is 17.3. The molecule has 0 amide bonds. The number of fused-ring (bicyclic) bond motifs is 1. The minimum absolute atomic E-state index is 0.396. The number of nitrogens with zero attached hydrogens (tertiary/aromatic N) is 3. The molecule has 0 aliphatic carbocycles. The quantitative estimate of drug-likeness (QED) is 0.498. The van der Waals surface area contributed by atoms with Crippen LogP contribution in [0, 0.1) is 0 Å². The highest BCUT2D eigenvalue weighted by molar-refractivity contribution is 5.87. The second kappa shape index (κ2) is 2.56. The first-order valence-corrected chi connectivity index (χ1v) is 3.28. The molecule has 1 N–H and O–H groups in total. The zero-order valence-corrected chi connectivity index (χ0v) is 5.98. The van der Waals surface area contributed by atoms with Crippen molar-refractivity contribution in [3.8, 4) is 0 Å². The molecule has 0 fully saturated rings. The minimum atomic E-state index is 0.396. The van der Waals surface area contributed by atoms with Gasteiger partial charge in [-0.1, -0.05) is 0 Å². The van der Waals surface area contributed by atoms with Crippen LogP contribution < -0.4 is 0 Å². The van der Waals surface area contributed by atoms with E-state index in [4.69, 9.17) is 0 Å². The summed E-state index contributed by atoms with van der Waals surface area (Å²) in [7, 11) is 0. The van der Waals surface area contributed by atoms with Crippen LogP contribution in [0.1, 0.15) is 0 Å². The van der Waals surface area contributed by atoms with E-state index in [1.54, 1.807) is 18.5 Å². The van der Waals surface area contributed by atoms with Gasteiger partial charge in [0.05, 0.1) is 10.9 Å². The Bertz CT molecular complexity index is 455. The van der Waals surface area contributed by atoms with E-state index in [0.717, 1.165) is 10.9 Å². The molecule has 2 aromatic rings. The van der Waals surface area contributed by atoms with Gasteiger partial charge >= 0.3 is 0 Å². The zero-order chi connectivity index (χ0) is 8.39. The SMILES string of the molecule is O=C=Nc1[nH]nc2ccncc12. The molecule has 0 radical (unpaired) electrons. The van der Waals surface area contributed by atoms with Gasteiger partial charge in [-0.2, -0.15) is 5.10 Å². The van der Waals surface area contributed by atoms with Crippen molar-refractivity contribution >= 4 is 22.8 Å². The van der Waals surface area contributed by atoms with Gasteiger partial charge in [0.2, 0.25) is 6.08 Å². The molecule has 2 heterocycles. The van der Waals surface area contributed by atoms with Crippen molar-refractivity contribution < 1.29 is 4.79 Å². The maximum Gasteiger partial charge on any atom is 0.242 e. The van der Waals surface area contributed by atoms with Gasteiger partial charge in [0.15, 0.2) is 5.82 Å². The van der Waals surface area contributed by atoms with Crippen LogP contribution in [0.15, 0.2) is 23.5 Å². The van der Waals surface area contributed by atoms with Crippen molar-refractivity contribution in [3.05, 3.63) is 18.5 Å². The van der Waals surface area contributed by atoms with Crippen LogP contribution in [-0.4, -0.2) is 21.3 Å². The molecule has 5 nitrogen and oxygen atoms in total. The van der Waals surface area contributed by atoms with E-state index >= 15 is 0 Å². The first-order valence-electron chi connectivity index (χ1n) is 3.28. The average molecular weight is 160 g/mol. The van der Waals surface area contributed by atoms with E-state index in [-0.39, 0.29) is 0 Å². The van der Waals surface area contributed by atoms with Crippen molar-refractivity contribution in [1.82, 2.24) is 15.2 Å². The van der Waals surface area contributed by atoms with Crippen molar-refractivity contribution in [1.29, 1.82) is 0 Å². The molecular formula is C7H4N4O. The topological polar surface area (TPSA) is 71.0 Å². The normalized spacial score (nSPS) is 9.67. The smallest absolute Gasteiger partial charge is 0.242 e. The number of nitrogens with one attached hydrogen (secondary N) is 1. The van der Waals surface area contributed by atoms with Crippen LogP contribution in [0.4, 0.5) is 5.82 Å². The van der Waals surface area contributed by atoms with E-state index in [1.807, 2.05) is 0 Å². The van der Waals surface area contributed by atoms with Crippen molar-refractivity contribution in [2.24, 2.45) is 4.99 Å². The Labute approximate surface area is 67.2 Å². The third-order valence-corrected chi connectivity index (χ3v) is 1.49. The lowest BCUT2D eigenvalue weighted by Crippen LogP contribution is -1.69. The monoisotopic (exact) mass is 160 g/mol. The number of rotatable bonds is 1. The largest absolute Gasteiger partial charge is 0.264 e. The predicted octanol–water partition coefficient (Wildman–Crippen LogP) is 0.925. The van der Waals surface area contributed by atoms with Crippen LogP contribution >= 0.6 is 0 Å². The number of aromatic nitrogens is 3. The zero-order valence-electron chi connectivity index (χ0n) is 5.98. The molecule has 12 heavy (non-hydrogen) atoms. The maximum atomic E-state index is 9.96. The van der Waals surface area contributed by atoms with Crippen LogP contribution in [0.5, 0.6) is 0 Å². The van der Waals surface area contributed by atoms with Gasteiger partial charge in [-0.25, -0.2) is 4.79 Å². The minimum Gasteiger partial charge on any atom is -0.264 e. The fraction of sp³-hybridized carbons (Fsp3) is 0. The Hall–Kier alpha value is -2.00. The van der Waals surface area contributed by atoms with Crippen molar-refractivity contribution in [3.63, 3.8) is 0 Å². The van der Waals surface area contributed by atoms with Gasteiger partial charge in [-0.3, -0.25) is 10.1 Å². The molecular weight excluding hydrogens is 156 g/mol. The van der Waals surface area contributed by atoms with Gasteiger partial charge in [-0.15, -0.1) is 4.99 Å². The van der Waals surface area contributed by atoms with Crippen LogP contribution in [0.3, 0.4) is 0 Å². The maximum absolute atomic E-state index is 9.96. The molecule has 0 saturated heterocycles. The highest BCUT2D eigenvalue weighted by Gasteiger charge is 2.01. The number of aliphatic imine (C=N–C) groups is 1. The molecule has 5 heteroatoms. The summed E-state index contributed by atoms with van der Waals surface area (Å²) in [5, 5.41) is 7.22. The third kappa shape index (κ3) is 0.889. The predicted molar refractivity (Wildman–Crippen MR) is 41.7 cm³/mol. The van der Waals surface area contributed by atoms with Crippen LogP contribution in [-0.2, 0) is 4.79 Å². The fourth-order valence-corrected chi connectivity index (χ4v) is 0.971. The molecule has 2 aromatic heterocycles. The molecule has 0 aromatic carbocycles. The van der Waals surface area contributed by atoms with E-state index in [0.29, 0.717) is 5.82 Å². The Balaban J connectivity index is 2.78. The molecule has 0 spiro atoms. The fourth-order valence-electron chi connectivity index (χ4n) is 0.971. The summed E-state index contributed by atoms with van der Waals surface area (Å²) in [5.41, 5.74) is 0.735. The number of isocyanates is 1. The molecule has 0 bridgehead atoms. The number of hydrogen-bond acceptors (Lipinski definition) is 4. The average Bonchev–Trinajstić information content (AvgIpc) is 2.50. The first kappa shape index (κ1) is 6.69. The highest BCUT2D eigenvalue weighted by Crippen LogP contribution is 2.20. The van der Waals surface area contributed by atoms with E-state index in [1.165, 1.54) is 6.08 Å². The van der Waals surface area contributed by atoms with E-state index < -0.39 is 0 Å². The molecule has 0 aliphatic rings. The molecule has 0 saturated carbocycles. The molecule has 0 atom stereocenters. The van der Waals surface area contributed by atoms with Gasteiger partial charge < -0.3 is 0 Å². The second-order valence-corrected chi connectivity index (χ2v) is 2.17. The highest BCUT2D eigenvalue weighted by atomic mass is 16.1. The molecule has 0 unspecified atom stereocenters. The Kier molecular flexibility index (Phi) is 1.43. The summed E-state index contributed by atoms with van der Waals surface area (Å²) in [6.45, 7) is 0. The number of aromatic amines is 1. The Morgan fingerprint density at radius 1 is 1.58 bits per heavy atom. The first-order chi connectivity index (χ1) is 5.92. The lowest BCUT2D eigenvalue weighted by atomic mass is 10.3. The summed E-state index contributed by atoms with van der Waals surface area (Å²) < 4.78 is 0. The summed E-state index contributed by atoms with van der Waals surface area (Å²) in [6, 6.07) is 1.73. The molecule has 2 rings (SSSR count). The van der Waals surface area contributed by atoms with Gasteiger partial charge in [0.1, 0.15) is 0 Å². The summed E-state index contributed by atoms with van der Waals surface area (Å²) >= 11 is 0. The number of H-pyrrole nitrogens is 1. The van der Waals surface area contributed by atoms with Gasteiger partial charge in [0, 0.05) is 12.4 Å². The number of pyridine rings is 1. The van der Waals surface area contributed by atoms with E-state index in [9.17, 15) is 4.79 Å². The molecule has 58 valence electrons. The molecule has 0 aliphatic heterocycles. The third-order valence-electron chi connectivity index (χ3n) is 1.49. The van der Waals surface area contributed by atoms with Crippen LogP contribution in [0.2, 0.25) is 0 Å². The van der Waals surface area contributed by atoms with Gasteiger partial charge in [0.25, 0.3) is 0 Å². The second-order valence-electron chi connectivity index (χ2n) is 2.17. The summed E-state index contributed by atoms with van der Waals surface area (Å²) in [6.07, 6.45) is 4.65. The van der Waals surface area contributed by atoms with Crippen molar-refractivity contribution in [2.45, 2.75) is 0 Å². The van der Waals surface area contributed by atoms with Crippen molar-refractivity contribution in [2.75, 3.05) is 0 Å². The summed E-state index contributed by atoms with van der Waals surface area (Å²) in [5.74, 6) is 0.396. The van der Waals surface area contributed by atoms with E-state index in [2.05, 4.69) is 20.2 Å². The standard InChI is InChI=1S/C7H4N4O/c12-4-9-7-5-3-8-2-1-6(5)10-11-7/h1-3H,(H,10,11). The lowest BCUT2D eigenvalue weighted by molar-refractivity contribution is 0.565. The lowest BCUT2D eigenvalue weighted by Gasteiger charge is -1.83. The Morgan fingerprint density at radius 2 is 2.50 bits per heavy atom. The number of hydrogen-bond donors (Lipinski definition) is 1. The Morgan fingerprint density at radius 3 is 3.33 bits per heavy atom. The van der Waals surface area contributed by atoms with Gasteiger partial charge in [-0.05, 0) is 6.07 Å². The van der Waals surface area contributed by atoms with Crippen LogP contribution in [0.25, 0.3) is 10.9 Å². The number of carbonyl (C=O) groups excluding carboxylic acids is 1.